The fraction of sp³-hybridized carbons (Fsp3) is 0.143. The number of thiophene rings is 1. The molecule has 0 aliphatic rings. The third-order valence-electron chi connectivity index (χ3n) is 2.74. The molecule has 2 aromatic rings. The van der Waals surface area contributed by atoms with Crippen LogP contribution in [0.5, 0.6) is 5.75 Å². The molecular weight excluding hydrogens is 360 g/mol. The van der Waals surface area contributed by atoms with Crippen molar-refractivity contribution >= 4 is 45.5 Å². The third kappa shape index (κ3) is 4.43. The first-order chi connectivity index (χ1) is 11.4. The first-order valence-corrected chi connectivity index (χ1v) is 7.65. The van der Waals surface area contributed by atoms with Gasteiger partial charge in [-0.3, -0.25) is 14.9 Å². The number of rotatable bonds is 6. The molecule has 126 valence electrons. The Morgan fingerprint density at radius 3 is 2.67 bits per heavy atom. The lowest BCUT2D eigenvalue weighted by molar-refractivity contribution is -0.380. The number of methoxy groups -OCH3 is 1. The van der Waals surface area contributed by atoms with Gasteiger partial charge in [-0.15, -0.1) is 0 Å². The van der Waals surface area contributed by atoms with Crippen molar-refractivity contribution in [2.75, 3.05) is 19.0 Å². The summed E-state index contributed by atoms with van der Waals surface area (Å²) in [5, 5.41) is 13.2. The van der Waals surface area contributed by atoms with Crippen LogP contribution in [0.25, 0.3) is 0 Å². The summed E-state index contributed by atoms with van der Waals surface area (Å²) in [6.45, 7) is -0.534. The number of amides is 1. The number of halogens is 1. The molecule has 0 bridgehead atoms. The van der Waals surface area contributed by atoms with E-state index in [1.54, 1.807) is 12.1 Å². The number of ether oxygens (including phenoxy) is 2. The van der Waals surface area contributed by atoms with Crippen molar-refractivity contribution in [2.45, 2.75) is 0 Å². The van der Waals surface area contributed by atoms with Crippen molar-refractivity contribution in [3.05, 3.63) is 50.3 Å². The lowest BCUT2D eigenvalue weighted by Crippen LogP contribution is -2.20. The molecule has 0 aliphatic carbocycles. The quantitative estimate of drug-likeness (QED) is 0.475. The number of carbonyl (C=O) groups is 2. The van der Waals surface area contributed by atoms with Crippen LogP contribution in [0.4, 0.5) is 10.7 Å². The van der Waals surface area contributed by atoms with Crippen molar-refractivity contribution in [1.29, 1.82) is 0 Å². The van der Waals surface area contributed by atoms with Gasteiger partial charge in [0.1, 0.15) is 10.6 Å². The number of carbonyl (C=O) groups excluding carboxylic acids is 2. The van der Waals surface area contributed by atoms with E-state index in [-0.39, 0.29) is 9.88 Å². The van der Waals surface area contributed by atoms with Crippen LogP contribution in [0, 0.1) is 10.1 Å². The predicted octanol–water partition coefficient (Wildman–Crippen LogP) is 3.11. The van der Waals surface area contributed by atoms with Crippen molar-refractivity contribution in [1.82, 2.24) is 0 Å². The lowest BCUT2D eigenvalue weighted by Gasteiger charge is -2.08. The van der Waals surface area contributed by atoms with E-state index in [4.69, 9.17) is 21.1 Å². The number of benzene rings is 1. The number of hydrogen-bond donors (Lipinski definition) is 1. The molecule has 24 heavy (non-hydrogen) atoms. The smallest absolute Gasteiger partial charge is 0.349 e. The normalized spacial score (nSPS) is 10.1. The summed E-state index contributed by atoms with van der Waals surface area (Å²) in [6, 6.07) is 7.11. The van der Waals surface area contributed by atoms with Crippen molar-refractivity contribution in [3.63, 3.8) is 0 Å². The topological polar surface area (TPSA) is 108 Å². The summed E-state index contributed by atoms with van der Waals surface area (Å²) in [4.78, 5) is 33.5. The lowest BCUT2D eigenvalue weighted by atomic mass is 10.3. The number of esters is 1. The van der Waals surface area contributed by atoms with Gasteiger partial charge in [0.15, 0.2) is 6.61 Å². The molecular formula is C14H11ClN2O6S. The predicted molar refractivity (Wildman–Crippen MR) is 87.9 cm³/mol. The van der Waals surface area contributed by atoms with E-state index in [2.05, 4.69) is 5.32 Å². The summed E-state index contributed by atoms with van der Waals surface area (Å²) < 4.78 is 9.80. The van der Waals surface area contributed by atoms with Crippen LogP contribution in [0.2, 0.25) is 5.02 Å². The van der Waals surface area contributed by atoms with Crippen LogP contribution < -0.4 is 10.1 Å². The molecule has 0 radical (unpaired) electrons. The minimum atomic E-state index is -0.809. The Labute approximate surface area is 145 Å². The van der Waals surface area contributed by atoms with Crippen LogP contribution in [-0.4, -0.2) is 30.5 Å². The van der Waals surface area contributed by atoms with Crippen LogP contribution in [0.15, 0.2) is 30.3 Å². The molecule has 0 aliphatic heterocycles. The van der Waals surface area contributed by atoms with Crippen molar-refractivity contribution in [2.24, 2.45) is 0 Å². The Morgan fingerprint density at radius 2 is 2.08 bits per heavy atom. The highest BCUT2D eigenvalue weighted by molar-refractivity contribution is 7.17. The second kappa shape index (κ2) is 7.75. The van der Waals surface area contributed by atoms with E-state index in [0.29, 0.717) is 27.8 Å². The zero-order chi connectivity index (χ0) is 17.7. The molecule has 10 heteroatoms. The standard InChI is InChI=1S/C14H11ClN2O6S/c1-22-10-3-2-8(6-9(10)15)16-12(18)7-23-14(19)11-4-5-13(24-11)17(20)21/h2-6H,7H2,1H3,(H,16,18). The highest BCUT2D eigenvalue weighted by Crippen LogP contribution is 2.27. The van der Waals surface area contributed by atoms with Crippen LogP contribution >= 0.6 is 22.9 Å². The van der Waals surface area contributed by atoms with Crippen LogP contribution in [0.1, 0.15) is 9.67 Å². The second-order valence-corrected chi connectivity index (χ2v) is 5.84. The number of anilines is 1. The average Bonchev–Trinajstić information content (AvgIpc) is 3.03. The zero-order valence-electron chi connectivity index (χ0n) is 12.3. The van der Waals surface area contributed by atoms with Gasteiger partial charge >= 0.3 is 11.0 Å². The highest BCUT2D eigenvalue weighted by Gasteiger charge is 2.17. The Hall–Kier alpha value is -2.65. The maximum Gasteiger partial charge on any atom is 0.349 e. The molecule has 8 nitrogen and oxygen atoms in total. The molecule has 1 N–H and O–H groups in total. The maximum atomic E-state index is 11.8. The number of nitrogens with one attached hydrogen (secondary N) is 1. The van der Waals surface area contributed by atoms with Crippen LogP contribution in [-0.2, 0) is 9.53 Å². The van der Waals surface area contributed by atoms with Gasteiger partial charge in [0.25, 0.3) is 5.91 Å². The second-order valence-electron chi connectivity index (χ2n) is 4.37. The van der Waals surface area contributed by atoms with Gasteiger partial charge in [0.05, 0.1) is 17.1 Å². The molecule has 0 spiro atoms. The van der Waals surface area contributed by atoms with E-state index in [0.717, 1.165) is 0 Å². The van der Waals surface area contributed by atoms with Crippen molar-refractivity contribution in [3.8, 4) is 5.75 Å². The number of nitro groups is 1. The molecule has 1 amide bonds. The molecule has 0 unspecified atom stereocenters. The van der Waals surface area contributed by atoms with Gasteiger partial charge in [-0.1, -0.05) is 22.9 Å². The van der Waals surface area contributed by atoms with E-state index in [9.17, 15) is 19.7 Å². The van der Waals surface area contributed by atoms with Gasteiger partial charge in [0.2, 0.25) is 0 Å². The van der Waals surface area contributed by atoms with E-state index in [1.807, 2.05) is 0 Å². The minimum absolute atomic E-state index is 0.0435. The molecule has 0 saturated heterocycles. The van der Waals surface area contributed by atoms with E-state index < -0.39 is 23.4 Å². The number of hydrogen-bond acceptors (Lipinski definition) is 7. The fourth-order valence-corrected chi connectivity index (χ4v) is 2.65. The van der Waals surface area contributed by atoms with Crippen molar-refractivity contribution < 1.29 is 24.0 Å². The summed E-state index contributed by atoms with van der Waals surface area (Å²) in [5.74, 6) is -0.924. The Morgan fingerprint density at radius 1 is 1.33 bits per heavy atom. The first-order valence-electron chi connectivity index (χ1n) is 6.45. The van der Waals surface area contributed by atoms with Gasteiger partial charge in [-0.25, -0.2) is 4.79 Å². The highest BCUT2D eigenvalue weighted by atomic mass is 35.5. The van der Waals surface area contributed by atoms with Gasteiger partial charge in [-0.2, -0.15) is 0 Å². The largest absolute Gasteiger partial charge is 0.495 e. The summed E-state index contributed by atoms with van der Waals surface area (Å²) >= 11 is 6.61. The third-order valence-corrected chi connectivity index (χ3v) is 4.06. The van der Waals surface area contributed by atoms with Gasteiger partial charge in [-0.05, 0) is 24.3 Å². The Kier molecular flexibility index (Phi) is 5.72. The monoisotopic (exact) mass is 370 g/mol. The molecule has 0 saturated carbocycles. The summed E-state index contributed by atoms with van der Waals surface area (Å²) in [5.41, 5.74) is 0.411. The van der Waals surface area contributed by atoms with Crippen LogP contribution in [0.3, 0.4) is 0 Å². The SMILES string of the molecule is COc1ccc(NC(=O)COC(=O)c2ccc([N+](=O)[O-])s2)cc1Cl. The van der Waals surface area contributed by atoms with E-state index >= 15 is 0 Å². The minimum Gasteiger partial charge on any atom is -0.495 e. The van der Waals surface area contributed by atoms with E-state index in [1.165, 1.54) is 25.3 Å². The number of nitrogens with zero attached hydrogens (tertiary/aromatic N) is 1. The molecule has 1 aromatic carbocycles. The maximum absolute atomic E-state index is 11.8. The molecule has 1 aromatic heterocycles. The first kappa shape index (κ1) is 17.7. The average molecular weight is 371 g/mol. The van der Waals surface area contributed by atoms with Gasteiger partial charge in [0, 0.05) is 11.8 Å². The summed E-state index contributed by atoms with van der Waals surface area (Å²) in [7, 11) is 1.47. The fourth-order valence-electron chi connectivity index (χ4n) is 1.68. The molecule has 2 rings (SSSR count). The zero-order valence-corrected chi connectivity index (χ0v) is 13.8. The summed E-state index contributed by atoms with van der Waals surface area (Å²) in [6.07, 6.45) is 0. The Balaban J connectivity index is 1.89. The van der Waals surface area contributed by atoms with Gasteiger partial charge < -0.3 is 14.8 Å². The molecule has 0 fully saturated rings. The Bertz CT molecular complexity index is 791. The molecule has 1 heterocycles. The molecule has 0 atom stereocenters.